The van der Waals surface area contributed by atoms with Gasteiger partial charge in [0.05, 0.1) is 10.7 Å². The van der Waals surface area contributed by atoms with Crippen LogP contribution >= 0.6 is 11.6 Å². The minimum atomic E-state index is -3.94. The predicted molar refractivity (Wildman–Crippen MR) is 122 cm³/mol. The summed E-state index contributed by atoms with van der Waals surface area (Å²) in [5, 5.41) is 5.50. The molecule has 0 bridgehead atoms. The monoisotopic (exact) mass is 463 g/mol. The molecule has 0 aromatic heterocycles. The van der Waals surface area contributed by atoms with E-state index in [4.69, 9.17) is 11.6 Å². The van der Waals surface area contributed by atoms with E-state index in [9.17, 15) is 18.0 Å². The van der Waals surface area contributed by atoms with Gasteiger partial charge in [0.15, 0.2) is 0 Å². The molecule has 3 rings (SSSR count). The summed E-state index contributed by atoms with van der Waals surface area (Å²) in [6, 6.07) is 13.1. The molecule has 0 aliphatic heterocycles. The van der Waals surface area contributed by atoms with Crippen LogP contribution in [0.25, 0.3) is 0 Å². The molecule has 0 radical (unpaired) electrons. The van der Waals surface area contributed by atoms with Crippen LogP contribution in [0.4, 0.5) is 11.4 Å². The Labute approximate surface area is 187 Å². The quantitative estimate of drug-likeness (QED) is 0.593. The summed E-state index contributed by atoms with van der Waals surface area (Å²) < 4.78 is 27.8. The van der Waals surface area contributed by atoms with Crippen molar-refractivity contribution in [1.82, 2.24) is 5.32 Å². The van der Waals surface area contributed by atoms with Crippen molar-refractivity contribution in [2.45, 2.75) is 31.6 Å². The molecule has 31 heavy (non-hydrogen) atoms. The lowest BCUT2D eigenvalue weighted by molar-refractivity contribution is -0.122. The number of sulfonamides is 1. The molecule has 2 N–H and O–H groups in total. The van der Waals surface area contributed by atoms with Crippen LogP contribution in [0.2, 0.25) is 5.02 Å². The van der Waals surface area contributed by atoms with Crippen molar-refractivity contribution < 1.29 is 18.0 Å². The van der Waals surface area contributed by atoms with E-state index in [1.807, 2.05) is 6.92 Å². The molecular formula is C22H26ClN3O4S. The van der Waals surface area contributed by atoms with E-state index < -0.39 is 10.0 Å². The van der Waals surface area contributed by atoms with Crippen LogP contribution < -0.4 is 14.9 Å². The fourth-order valence-electron chi connectivity index (χ4n) is 3.32. The lowest BCUT2D eigenvalue weighted by Gasteiger charge is -2.23. The number of para-hydroxylation sites is 1. The lowest BCUT2D eigenvalue weighted by atomic mass is 10.3. The van der Waals surface area contributed by atoms with Crippen LogP contribution in [0.1, 0.15) is 26.7 Å². The van der Waals surface area contributed by atoms with Gasteiger partial charge in [0.1, 0.15) is 4.90 Å². The van der Waals surface area contributed by atoms with Crippen LogP contribution in [0.5, 0.6) is 0 Å². The van der Waals surface area contributed by atoms with Crippen molar-refractivity contribution in [3.05, 3.63) is 53.6 Å². The topological polar surface area (TPSA) is 95.6 Å². The first-order valence-electron chi connectivity index (χ1n) is 10.2. The van der Waals surface area contributed by atoms with E-state index in [1.165, 1.54) is 16.4 Å². The summed E-state index contributed by atoms with van der Waals surface area (Å²) in [7, 11) is -3.94. The van der Waals surface area contributed by atoms with Crippen LogP contribution in [0.3, 0.4) is 0 Å². The zero-order valence-corrected chi connectivity index (χ0v) is 19.0. The van der Waals surface area contributed by atoms with Crippen molar-refractivity contribution in [2.75, 3.05) is 22.7 Å². The average molecular weight is 464 g/mol. The number of carbonyl (C=O) groups is 2. The standard InChI is InChI=1S/C22H26ClN3O4S/c1-3-26(17-7-5-4-6-8-17)31(29,30)20-14-16(9-10-19(20)23)25-21(27)11-12-24-22(28)18-13-15(18)2/h4-10,14-15,18H,3,11-13H2,1-2H3,(H,24,28)(H,25,27). The summed E-state index contributed by atoms with van der Waals surface area (Å²) in [6.45, 7) is 4.20. The van der Waals surface area contributed by atoms with Crippen molar-refractivity contribution in [1.29, 1.82) is 0 Å². The summed E-state index contributed by atoms with van der Waals surface area (Å²) in [5.74, 6) is 0.103. The van der Waals surface area contributed by atoms with Gasteiger partial charge in [-0.1, -0.05) is 36.7 Å². The molecule has 0 heterocycles. The lowest BCUT2D eigenvalue weighted by Crippen LogP contribution is -2.31. The second-order valence-corrected chi connectivity index (χ2v) is 9.80. The first-order valence-corrected chi connectivity index (χ1v) is 12.0. The highest BCUT2D eigenvalue weighted by Crippen LogP contribution is 2.37. The Balaban J connectivity index is 1.69. The molecule has 2 aromatic rings. The molecule has 2 atom stereocenters. The molecule has 0 spiro atoms. The van der Waals surface area contributed by atoms with Gasteiger partial charge in [-0.05, 0) is 49.6 Å². The van der Waals surface area contributed by atoms with Gasteiger partial charge in [0, 0.05) is 31.1 Å². The van der Waals surface area contributed by atoms with E-state index in [2.05, 4.69) is 10.6 Å². The number of nitrogens with one attached hydrogen (secondary N) is 2. The molecule has 7 nitrogen and oxygen atoms in total. The summed E-state index contributed by atoms with van der Waals surface area (Å²) in [4.78, 5) is 24.0. The van der Waals surface area contributed by atoms with Gasteiger partial charge >= 0.3 is 0 Å². The molecule has 1 saturated carbocycles. The predicted octanol–water partition coefficient (Wildman–Crippen LogP) is 3.66. The molecule has 9 heteroatoms. The molecule has 2 unspecified atom stereocenters. The van der Waals surface area contributed by atoms with Crippen molar-refractivity contribution in [3.8, 4) is 0 Å². The second-order valence-electron chi connectivity index (χ2n) is 7.56. The summed E-state index contributed by atoms with van der Waals surface area (Å²) in [6.07, 6.45) is 0.973. The Bertz CT molecular complexity index is 1060. The average Bonchev–Trinajstić information content (AvgIpc) is 3.47. The van der Waals surface area contributed by atoms with Crippen LogP contribution in [0.15, 0.2) is 53.4 Å². The van der Waals surface area contributed by atoms with E-state index in [1.54, 1.807) is 43.3 Å². The number of nitrogens with zero attached hydrogens (tertiary/aromatic N) is 1. The Hall–Kier alpha value is -2.58. The molecule has 0 saturated heterocycles. The largest absolute Gasteiger partial charge is 0.355 e. The summed E-state index contributed by atoms with van der Waals surface area (Å²) >= 11 is 6.21. The number of rotatable bonds is 9. The first-order chi connectivity index (χ1) is 14.7. The van der Waals surface area contributed by atoms with Gasteiger partial charge in [0.2, 0.25) is 11.8 Å². The zero-order valence-electron chi connectivity index (χ0n) is 17.5. The maximum Gasteiger partial charge on any atom is 0.265 e. The third-order valence-electron chi connectivity index (χ3n) is 5.21. The fourth-order valence-corrected chi connectivity index (χ4v) is 5.30. The number of hydrogen-bond donors (Lipinski definition) is 2. The Morgan fingerprint density at radius 1 is 1.16 bits per heavy atom. The number of hydrogen-bond acceptors (Lipinski definition) is 4. The van der Waals surface area contributed by atoms with E-state index in [0.717, 1.165) is 6.42 Å². The smallest absolute Gasteiger partial charge is 0.265 e. The number of amides is 2. The molecule has 2 amide bonds. The minimum Gasteiger partial charge on any atom is -0.355 e. The highest BCUT2D eigenvalue weighted by Gasteiger charge is 2.38. The molecular weight excluding hydrogens is 438 g/mol. The van der Waals surface area contributed by atoms with Gasteiger partial charge in [-0.2, -0.15) is 0 Å². The van der Waals surface area contributed by atoms with Gasteiger partial charge in [0.25, 0.3) is 10.0 Å². The second kappa shape index (κ2) is 9.70. The normalized spacial score (nSPS) is 17.6. The SMILES string of the molecule is CCN(c1ccccc1)S(=O)(=O)c1cc(NC(=O)CCNC(=O)C2CC2C)ccc1Cl. The van der Waals surface area contributed by atoms with E-state index in [-0.39, 0.29) is 47.2 Å². The van der Waals surface area contributed by atoms with Crippen LogP contribution in [-0.4, -0.2) is 33.3 Å². The van der Waals surface area contributed by atoms with Gasteiger partial charge in [-0.3, -0.25) is 13.9 Å². The zero-order chi connectivity index (χ0) is 22.6. The molecule has 1 fully saturated rings. The van der Waals surface area contributed by atoms with E-state index in [0.29, 0.717) is 17.3 Å². The third-order valence-corrected chi connectivity index (χ3v) is 7.60. The molecule has 2 aromatic carbocycles. The maximum absolute atomic E-state index is 13.2. The number of benzene rings is 2. The highest BCUT2D eigenvalue weighted by atomic mass is 35.5. The Morgan fingerprint density at radius 3 is 2.45 bits per heavy atom. The minimum absolute atomic E-state index is 0.0271. The Kier molecular flexibility index (Phi) is 7.23. The highest BCUT2D eigenvalue weighted by molar-refractivity contribution is 7.93. The molecule has 1 aliphatic rings. The summed E-state index contributed by atoms with van der Waals surface area (Å²) in [5.41, 5.74) is 0.843. The molecule has 166 valence electrons. The fraction of sp³-hybridized carbons (Fsp3) is 0.364. The van der Waals surface area contributed by atoms with E-state index >= 15 is 0 Å². The number of halogens is 1. The number of carbonyl (C=O) groups excluding carboxylic acids is 2. The van der Waals surface area contributed by atoms with Crippen LogP contribution in [-0.2, 0) is 19.6 Å². The molecule has 1 aliphatic carbocycles. The Morgan fingerprint density at radius 2 is 1.84 bits per heavy atom. The van der Waals surface area contributed by atoms with Crippen LogP contribution in [0, 0.1) is 11.8 Å². The van der Waals surface area contributed by atoms with Gasteiger partial charge in [-0.15, -0.1) is 0 Å². The van der Waals surface area contributed by atoms with Gasteiger partial charge in [-0.25, -0.2) is 8.42 Å². The number of anilines is 2. The maximum atomic E-state index is 13.2. The van der Waals surface area contributed by atoms with Crippen molar-refractivity contribution >= 4 is 44.8 Å². The van der Waals surface area contributed by atoms with Gasteiger partial charge < -0.3 is 10.6 Å². The van der Waals surface area contributed by atoms with Crippen molar-refractivity contribution in [3.63, 3.8) is 0 Å². The first kappa shape index (κ1) is 23.1. The van der Waals surface area contributed by atoms with Crippen molar-refractivity contribution in [2.24, 2.45) is 11.8 Å². The third kappa shape index (κ3) is 5.57.